The molecule has 2 heterocycles. The van der Waals surface area contributed by atoms with E-state index in [-0.39, 0.29) is 6.54 Å². The molecule has 0 bridgehead atoms. The van der Waals surface area contributed by atoms with E-state index in [0.717, 1.165) is 31.7 Å². The fraction of sp³-hybridized carbons (Fsp3) is 0.500. The highest BCUT2D eigenvalue weighted by atomic mass is 16.4. The van der Waals surface area contributed by atoms with E-state index in [4.69, 9.17) is 5.11 Å². The third-order valence-corrected chi connectivity index (χ3v) is 2.54. The Hall–Kier alpha value is -1.89. The molecule has 1 aliphatic rings. The largest absolute Gasteiger partial charge is 0.465 e. The fourth-order valence-corrected chi connectivity index (χ4v) is 1.65. The highest BCUT2D eigenvalue weighted by Gasteiger charge is 2.12. The molecule has 7 nitrogen and oxygen atoms in total. The van der Waals surface area contributed by atoms with E-state index in [1.807, 2.05) is 0 Å². The van der Waals surface area contributed by atoms with E-state index < -0.39 is 6.09 Å². The molecule has 7 heteroatoms. The van der Waals surface area contributed by atoms with Crippen molar-refractivity contribution < 1.29 is 9.90 Å². The quantitative estimate of drug-likeness (QED) is 0.666. The SMILES string of the molecule is O=C(O)NCc1cnc(N2CCNCC2)nc1. The van der Waals surface area contributed by atoms with Crippen LogP contribution < -0.4 is 15.5 Å². The van der Waals surface area contributed by atoms with Crippen LogP contribution in [0.15, 0.2) is 12.4 Å². The predicted octanol–water partition coefficient (Wildman–Crippen LogP) is -0.346. The number of carboxylic acid groups (broad SMARTS) is 1. The van der Waals surface area contributed by atoms with Gasteiger partial charge in [-0.15, -0.1) is 0 Å². The Bertz CT molecular complexity index is 375. The number of anilines is 1. The fourth-order valence-electron chi connectivity index (χ4n) is 1.65. The Morgan fingerprint density at radius 3 is 2.65 bits per heavy atom. The highest BCUT2D eigenvalue weighted by Crippen LogP contribution is 2.07. The van der Waals surface area contributed by atoms with E-state index in [9.17, 15) is 4.79 Å². The van der Waals surface area contributed by atoms with Gasteiger partial charge < -0.3 is 20.6 Å². The number of aromatic nitrogens is 2. The summed E-state index contributed by atoms with van der Waals surface area (Å²) in [5.41, 5.74) is 0.756. The van der Waals surface area contributed by atoms with E-state index in [2.05, 4.69) is 25.5 Å². The summed E-state index contributed by atoms with van der Waals surface area (Å²) < 4.78 is 0. The van der Waals surface area contributed by atoms with Gasteiger partial charge in [-0.25, -0.2) is 14.8 Å². The Labute approximate surface area is 98.9 Å². The molecule has 0 radical (unpaired) electrons. The smallest absolute Gasteiger partial charge is 0.404 e. The van der Waals surface area contributed by atoms with Crippen LogP contribution in [0.3, 0.4) is 0 Å². The standard InChI is InChI=1S/C10H15N5O2/c16-10(17)14-7-8-5-12-9(13-6-8)15-3-1-11-2-4-15/h5-6,11,14H,1-4,7H2,(H,16,17). The Morgan fingerprint density at radius 1 is 1.41 bits per heavy atom. The number of nitrogens with one attached hydrogen (secondary N) is 2. The maximum atomic E-state index is 10.3. The van der Waals surface area contributed by atoms with Crippen molar-refractivity contribution in [1.82, 2.24) is 20.6 Å². The predicted molar refractivity (Wildman–Crippen MR) is 62.0 cm³/mol. The van der Waals surface area contributed by atoms with Gasteiger partial charge in [-0.2, -0.15) is 0 Å². The van der Waals surface area contributed by atoms with Gasteiger partial charge in [0.25, 0.3) is 0 Å². The maximum absolute atomic E-state index is 10.3. The van der Waals surface area contributed by atoms with Crippen LogP contribution in [0, 0.1) is 0 Å². The van der Waals surface area contributed by atoms with Gasteiger partial charge in [0.2, 0.25) is 5.95 Å². The molecule has 0 saturated carbocycles. The van der Waals surface area contributed by atoms with Crippen LogP contribution in [-0.4, -0.2) is 47.3 Å². The number of amides is 1. The summed E-state index contributed by atoms with van der Waals surface area (Å²) in [6, 6.07) is 0. The molecule has 0 aromatic carbocycles. The van der Waals surface area contributed by atoms with Crippen molar-refractivity contribution in [3.05, 3.63) is 18.0 Å². The summed E-state index contributed by atoms with van der Waals surface area (Å²) in [4.78, 5) is 20.9. The third kappa shape index (κ3) is 3.28. The second kappa shape index (κ2) is 5.44. The number of nitrogens with zero attached hydrogens (tertiary/aromatic N) is 3. The van der Waals surface area contributed by atoms with Crippen LogP contribution >= 0.6 is 0 Å². The van der Waals surface area contributed by atoms with Gasteiger partial charge in [0.1, 0.15) is 0 Å². The molecule has 1 aromatic heterocycles. The number of hydrogen-bond donors (Lipinski definition) is 3. The molecule has 1 aliphatic heterocycles. The van der Waals surface area contributed by atoms with Gasteiger partial charge in [-0.1, -0.05) is 0 Å². The summed E-state index contributed by atoms with van der Waals surface area (Å²) in [5, 5.41) is 14.0. The maximum Gasteiger partial charge on any atom is 0.404 e. The van der Waals surface area contributed by atoms with Crippen molar-refractivity contribution >= 4 is 12.0 Å². The first-order valence-electron chi connectivity index (χ1n) is 5.49. The van der Waals surface area contributed by atoms with Gasteiger partial charge in [0.15, 0.2) is 0 Å². The minimum absolute atomic E-state index is 0.233. The van der Waals surface area contributed by atoms with Crippen LogP contribution in [0.25, 0.3) is 0 Å². The molecule has 3 N–H and O–H groups in total. The molecule has 0 spiro atoms. The molecular weight excluding hydrogens is 222 g/mol. The van der Waals surface area contributed by atoms with Gasteiger partial charge in [-0.3, -0.25) is 0 Å². The molecule has 17 heavy (non-hydrogen) atoms. The second-order valence-electron chi connectivity index (χ2n) is 3.79. The molecule has 1 fully saturated rings. The van der Waals surface area contributed by atoms with Crippen molar-refractivity contribution in [2.75, 3.05) is 31.1 Å². The van der Waals surface area contributed by atoms with Crippen LogP contribution in [0.2, 0.25) is 0 Å². The van der Waals surface area contributed by atoms with Crippen LogP contribution in [0.4, 0.5) is 10.7 Å². The first-order chi connectivity index (χ1) is 8.25. The summed E-state index contributed by atoms with van der Waals surface area (Å²) in [6.07, 6.45) is 2.26. The molecule has 1 aromatic rings. The summed E-state index contributed by atoms with van der Waals surface area (Å²) >= 11 is 0. The van der Waals surface area contributed by atoms with E-state index in [1.165, 1.54) is 0 Å². The van der Waals surface area contributed by atoms with Crippen molar-refractivity contribution in [2.24, 2.45) is 0 Å². The van der Waals surface area contributed by atoms with Crippen LogP contribution in [0.1, 0.15) is 5.56 Å². The minimum Gasteiger partial charge on any atom is -0.465 e. The molecule has 2 rings (SSSR count). The van der Waals surface area contributed by atoms with Crippen molar-refractivity contribution in [1.29, 1.82) is 0 Å². The highest BCUT2D eigenvalue weighted by molar-refractivity contribution is 5.64. The number of hydrogen-bond acceptors (Lipinski definition) is 5. The first-order valence-corrected chi connectivity index (χ1v) is 5.49. The first kappa shape index (κ1) is 11.6. The van der Waals surface area contributed by atoms with Crippen LogP contribution in [0.5, 0.6) is 0 Å². The lowest BCUT2D eigenvalue weighted by atomic mass is 10.3. The average molecular weight is 237 g/mol. The van der Waals surface area contributed by atoms with Gasteiger partial charge >= 0.3 is 6.09 Å². The molecule has 1 amide bonds. The average Bonchev–Trinajstić information content (AvgIpc) is 2.38. The molecule has 92 valence electrons. The number of carbonyl (C=O) groups is 1. The van der Waals surface area contributed by atoms with Crippen molar-refractivity contribution in [2.45, 2.75) is 6.54 Å². The molecule has 0 unspecified atom stereocenters. The lowest BCUT2D eigenvalue weighted by Crippen LogP contribution is -2.44. The van der Waals surface area contributed by atoms with Gasteiger partial charge in [0, 0.05) is 50.7 Å². The third-order valence-electron chi connectivity index (χ3n) is 2.54. The van der Waals surface area contributed by atoms with Crippen molar-refractivity contribution in [3.8, 4) is 0 Å². The van der Waals surface area contributed by atoms with E-state index in [0.29, 0.717) is 5.95 Å². The molecule has 0 atom stereocenters. The normalized spacial score (nSPS) is 15.6. The monoisotopic (exact) mass is 237 g/mol. The molecule has 0 aliphatic carbocycles. The van der Waals surface area contributed by atoms with E-state index >= 15 is 0 Å². The Morgan fingerprint density at radius 2 is 2.06 bits per heavy atom. The second-order valence-corrected chi connectivity index (χ2v) is 3.79. The van der Waals surface area contributed by atoms with Gasteiger partial charge in [0.05, 0.1) is 0 Å². The Balaban J connectivity index is 1.94. The molecular formula is C10H15N5O2. The zero-order valence-electron chi connectivity index (χ0n) is 9.39. The van der Waals surface area contributed by atoms with Crippen LogP contribution in [-0.2, 0) is 6.54 Å². The lowest BCUT2D eigenvalue weighted by Gasteiger charge is -2.27. The summed E-state index contributed by atoms with van der Waals surface area (Å²) in [6.45, 7) is 3.90. The van der Waals surface area contributed by atoms with Crippen molar-refractivity contribution in [3.63, 3.8) is 0 Å². The molecule has 1 saturated heterocycles. The summed E-state index contributed by atoms with van der Waals surface area (Å²) in [5.74, 6) is 0.700. The lowest BCUT2D eigenvalue weighted by molar-refractivity contribution is 0.194. The number of piperazine rings is 1. The zero-order valence-corrected chi connectivity index (χ0v) is 9.39. The van der Waals surface area contributed by atoms with Gasteiger partial charge in [-0.05, 0) is 0 Å². The number of rotatable bonds is 3. The zero-order chi connectivity index (χ0) is 12.1. The Kier molecular flexibility index (Phi) is 3.71. The minimum atomic E-state index is -1.05. The summed E-state index contributed by atoms with van der Waals surface area (Å²) in [7, 11) is 0. The topological polar surface area (TPSA) is 90.4 Å². The van der Waals surface area contributed by atoms with E-state index in [1.54, 1.807) is 12.4 Å².